The van der Waals surface area contributed by atoms with Gasteiger partial charge >= 0.3 is 0 Å². The van der Waals surface area contributed by atoms with Gasteiger partial charge in [-0.15, -0.1) is 0 Å². The van der Waals surface area contributed by atoms with E-state index in [1.165, 1.54) is 63.8 Å². The lowest BCUT2D eigenvalue weighted by Gasteiger charge is -2.21. The lowest BCUT2D eigenvalue weighted by molar-refractivity contribution is 0.272. The molecular formula is C20H30N2. The Morgan fingerprint density at radius 2 is 1.95 bits per heavy atom. The summed E-state index contributed by atoms with van der Waals surface area (Å²) in [4.78, 5) is 2.65. The molecule has 2 heteroatoms. The van der Waals surface area contributed by atoms with Crippen LogP contribution in [0, 0.1) is 11.8 Å². The molecule has 2 saturated heterocycles. The fourth-order valence-electron chi connectivity index (χ4n) is 5.09. The average molecular weight is 298 g/mol. The standard InChI is InChI=1S/C20H30N2/c1-15-3-2-11-22(15)12-10-16-4-6-17(7-5-16)19-9-8-18-13-21-14-20(18)19/h4-7,15,18-21H,2-3,8-14H2,1H3/t15-,18-,19?,20?/m1/s1. The molecular weight excluding hydrogens is 268 g/mol. The summed E-state index contributed by atoms with van der Waals surface area (Å²) in [6, 6.07) is 10.4. The van der Waals surface area contributed by atoms with Gasteiger partial charge in [-0.05, 0) is 87.5 Å². The van der Waals surface area contributed by atoms with Crippen molar-refractivity contribution in [2.24, 2.45) is 11.8 Å². The molecule has 3 fully saturated rings. The van der Waals surface area contributed by atoms with Crippen LogP contribution in [0.3, 0.4) is 0 Å². The zero-order chi connectivity index (χ0) is 14.9. The maximum atomic E-state index is 3.59. The fourth-order valence-corrected chi connectivity index (χ4v) is 5.09. The van der Waals surface area contributed by atoms with Crippen molar-refractivity contribution in [2.45, 2.75) is 51.0 Å². The third kappa shape index (κ3) is 2.83. The van der Waals surface area contributed by atoms with E-state index < -0.39 is 0 Å². The van der Waals surface area contributed by atoms with E-state index in [0.29, 0.717) is 0 Å². The molecule has 1 aromatic carbocycles. The highest BCUT2D eigenvalue weighted by atomic mass is 15.2. The zero-order valence-electron chi connectivity index (χ0n) is 13.9. The van der Waals surface area contributed by atoms with Gasteiger partial charge in [-0.2, -0.15) is 0 Å². The first-order chi connectivity index (χ1) is 10.8. The Hall–Kier alpha value is -0.860. The van der Waals surface area contributed by atoms with Gasteiger partial charge < -0.3 is 10.2 Å². The van der Waals surface area contributed by atoms with Crippen LogP contribution in [0.25, 0.3) is 0 Å². The molecule has 0 amide bonds. The molecule has 1 aromatic rings. The predicted octanol–water partition coefficient (Wildman–Crippen LogP) is 3.43. The van der Waals surface area contributed by atoms with Crippen molar-refractivity contribution >= 4 is 0 Å². The Morgan fingerprint density at radius 3 is 2.73 bits per heavy atom. The SMILES string of the molecule is C[C@@H]1CCCN1CCc1ccc(C2CC[C@@H]3CNCC23)cc1. The topological polar surface area (TPSA) is 15.3 Å². The highest BCUT2D eigenvalue weighted by Gasteiger charge is 2.39. The van der Waals surface area contributed by atoms with Gasteiger partial charge in [0.1, 0.15) is 0 Å². The largest absolute Gasteiger partial charge is 0.316 e. The van der Waals surface area contributed by atoms with Crippen LogP contribution in [-0.2, 0) is 6.42 Å². The number of nitrogens with zero attached hydrogens (tertiary/aromatic N) is 1. The molecule has 120 valence electrons. The van der Waals surface area contributed by atoms with Crippen LogP contribution in [-0.4, -0.2) is 37.1 Å². The van der Waals surface area contributed by atoms with Gasteiger partial charge in [0.25, 0.3) is 0 Å². The molecule has 2 unspecified atom stereocenters. The molecule has 0 bridgehead atoms. The summed E-state index contributed by atoms with van der Waals surface area (Å²) in [6.07, 6.45) is 6.82. The molecule has 0 spiro atoms. The molecule has 3 aliphatic rings. The summed E-state index contributed by atoms with van der Waals surface area (Å²) in [5, 5.41) is 3.59. The molecule has 1 N–H and O–H groups in total. The Balaban J connectivity index is 1.36. The van der Waals surface area contributed by atoms with Crippen LogP contribution in [0.2, 0.25) is 0 Å². The van der Waals surface area contributed by atoms with Crippen molar-refractivity contribution < 1.29 is 0 Å². The highest BCUT2D eigenvalue weighted by Crippen LogP contribution is 2.45. The van der Waals surface area contributed by atoms with Gasteiger partial charge in [0, 0.05) is 12.6 Å². The predicted molar refractivity (Wildman–Crippen MR) is 92.2 cm³/mol. The average Bonchev–Trinajstić information content (AvgIpc) is 3.22. The minimum atomic E-state index is 0.796. The van der Waals surface area contributed by atoms with E-state index in [-0.39, 0.29) is 0 Å². The first-order valence-electron chi connectivity index (χ1n) is 9.35. The molecule has 22 heavy (non-hydrogen) atoms. The molecule has 0 aromatic heterocycles. The van der Waals surface area contributed by atoms with E-state index in [2.05, 4.69) is 41.4 Å². The van der Waals surface area contributed by atoms with E-state index >= 15 is 0 Å². The Morgan fingerprint density at radius 1 is 1.09 bits per heavy atom. The van der Waals surface area contributed by atoms with Crippen molar-refractivity contribution in [1.82, 2.24) is 10.2 Å². The maximum absolute atomic E-state index is 3.59. The quantitative estimate of drug-likeness (QED) is 0.916. The normalized spacial score (nSPS) is 35.1. The van der Waals surface area contributed by atoms with E-state index in [1.54, 1.807) is 5.56 Å². The lowest BCUT2D eigenvalue weighted by Crippen LogP contribution is -2.28. The Bertz CT molecular complexity index is 495. The number of rotatable bonds is 4. The first-order valence-corrected chi connectivity index (χ1v) is 9.35. The van der Waals surface area contributed by atoms with E-state index in [9.17, 15) is 0 Å². The summed E-state index contributed by atoms with van der Waals surface area (Å²) in [5.74, 6) is 2.66. The van der Waals surface area contributed by atoms with Gasteiger partial charge in [-0.1, -0.05) is 24.3 Å². The summed E-state index contributed by atoms with van der Waals surface area (Å²) < 4.78 is 0. The van der Waals surface area contributed by atoms with Crippen molar-refractivity contribution in [1.29, 1.82) is 0 Å². The van der Waals surface area contributed by atoms with Crippen LogP contribution < -0.4 is 5.32 Å². The van der Waals surface area contributed by atoms with Crippen LogP contribution in [0.1, 0.15) is 49.7 Å². The van der Waals surface area contributed by atoms with E-state index in [4.69, 9.17) is 0 Å². The first kappa shape index (κ1) is 14.7. The number of hydrogen-bond acceptors (Lipinski definition) is 2. The summed E-state index contributed by atoms with van der Waals surface area (Å²) in [5.41, 5.74) is 3.11. The summed E-state index contributed by atoms with van der Waals surface area (Å²) in [7, 11) is 0. The van der Waals surface area contributed by atoms with E-state index in [0.717, 1.165) is 23.8 Å². The molecule has 4 rings (SSSR count). The molecule has 0 radical (unpaired) electrons. The van der Waals surface area contributed by atoms with Crippen molar-refractivity contribution in [3.63, 3.8) is 0 Å². The van der Waals surface area contributed by atoms with Crippen LogP contribution in [0.5, 0.6) is 0 Å². The number of benzene rings is 1. The third-order valence-corrected chi connectivity index (χ3v) is 6.54. The number of nitrogens with one attached hydrogen (secondary N) is 1. The number of likely N-dealkylation sites (tertiary alicyclic amines) is 1. The molecule has 2 aliphatic heterocycles. The summed E-state index contributed by atoms with van der Waals surface area (Å²) in [6.45, 7) is 7.41. The molecule has 2 nitrogen and oxygen atoms in total. The second kappa shape index (κ2) is 6.33. The number of fused-ring (bicyclic) bond motifs is 1. The van der Waals surface area contributed by atoms with Crippen LogP contribution >= 0.6 is 0 Å². The van der Waals surface area contributed by atoms with Crippen molar-refractivity contribution in [3.05, 3.63) is 35.4 Å². The third-order valence-electron chi connectivity index (χ3n) is 6.54. The van der Waals surface area contributed by atoms with E-state index in [1.807, 2.05) is 0 Å². The van der Waals surface area contributed by atoms with Gasteiger partial charge in [0.15, 0.2) is 0 Å². The number of hydrogen-bond donors (Lipinski definition) is 1. The molecule has 1 saturated carbocycles. The summed E-state index contributed by atoms with van der Waals surface area (Å²) >= 11 is 0. The van der Waals surface area contributed by atoms with Gasteiger partial charge in [-0.25, -0.2) is 0 Å². The lowest BCUT2D eigenvalue weighted by atomic mass is 9.86. The second-order valence-corrected chi connectivity index (χ2v) is 7.78. The molecule has 2 heterocycles. The van der Waals surface area contributed by atoms with Gasteiger partial charge in [-0.3, -0.25) is 0 Å². The minimum Gasteiger partial charge on any atom is -0.316 e. The Kier molecular flexibility index (Phi) is 4.23. The van der Waals surface area contributed by atoms with Gasteiger partial charge in [0.05, 0.1) is 0 Å². The Labute approximate surface area is 135 Å². The highest BCUT2D eigenvalue weighted by molar-refractivity contribution is 5.27. The van der Waals surface area contributed by atoms with Crippen LogP contribution in [0.15, 0.2) is 24.3 Å². The fraction of sp³-hybridized carbons (Fsp3) is 0.700. The zero-order valence-corrected chi connectivity index (χ0v) is 13.9. The molecule has 1 aliphatic carbocycles. The smallest absolute Gasteiger partial charge is 0.00675 e. The maximum Gasteiger partial charge on any atom is 0.00675 e. The minimum absolute atomic E-state index is 0.796. The van der Waals surface area contributed by atoms with Crippen molar-refractivity contribution in [3.8, 4) is 0 Å². The second-order valence-electron chi connectivity index (χ2n) is 7.78. The molecule has 4 atom stereocenters. The monoisotopic (exact) mass is 298 g/mol. The van der Waals surface area contributed by atoms with Crippen molar-refractivity contribution in [2.75, 3.05) is 26.2 Å². The van der Waals surface area contributed by atoms with Gasteiger partial charge in [0.2, 0.25) is 0 Å². The van der Waals surface area contributed by atoms with Crippen LogP contribution in [0.4, 0.5) is 0 Å².